The lowest BCUT2D eigenvalue weighted by atomic mass is 9.76. The van der Waals surface area contributed by atoms with E-state index in [0.29, 0.717) is 35.1 Å². The molecule has 9 nitrogen and oxygen atoms in total. The Morgan fingerprint density at radius 1 is 1.23 bits per heavy atom. The van der Waals surface area contributed by atoms with Crippen LogP contribution in [0.3, 0.4) is 0 Å². The van der Waals surface area contributed by atoms with Crippen LogP contribution in [0.2, 0.25) is 5.02 Å². The number of esters is 1. The average molecular weight is 516 g/mol. The van der Waals surface area contributed by atoms with Crippen molar-refractivity contribution in [3.8, 4) is 11.4 Å². The second-order valence-corrected chi connectivity index (χ2v) is 11.4. The van der Waals surface area contributed by atoms with Crippen LogP contribution in [-0.2, 0) is 25.0 Å². The number of benzene rings is 2. The number of carbonyl (C=O) groups is 1. The summed E-state index contributed by atoms with van der Waals surface area (Å²) in [4.78, 5) is 11.9. The topological polar surface area (TPSA) is 115 Å². The molecule has 1 aromatic heterocycles. The van der Waals surface area contributed by atoms with Gasteiger partial charge in [-0.2, -0.15) is 0 Å². The first-order chi connectivity index (χ1) is 16.7. The highest BCUT2D eigenvalue weighted by Crippen LogP contribution is 2.36. The molecule has 3 aromatic rings. The van der Waals surface area contributed by atoms with Gasteiger partial charge in [-0.3, -0.25) is 9.52 Å². The van der Waals surface area contributed by atoms with Crippen LogP contribution in [0, 0.1) is 0 Å². The number of cyclic esters (lactones) is 1. The quantitative estimate of drug-likeness (QED) is 0.482. The molecule has 0 spiro atoms. The van der Waals surface area contributed by atoms with Gasteiger partial charge in [0.05, 0.1) is 29.7 Å². The van der Waals surface area contributed by atoms with Crippen molar-refractivity contribution in [1.29, 1.82) is 0 Å². The molecule has 0 saturated carbocycles. The third-order valence-electron chi connectivity index (χ3n) is 6.78. The zero-order valence-electron chi connectivity index (χ0n) is 19.2. The van der Waals surface area contributed by atoms with Crippen LogP contribution >= 0.6 is 11.6 Å². The average Bonchev–Trinajstić information content (AvgIpc) is 3.52. The zero-order valence-corrected chi connectivity index (χ0v) is 20.8. The molecule has 2 fully saturated rings. The maximum absolute atomic E-state index is 13.3. The van der Waals surface area contributed by atoms with E-state index in [4.69, 9.17) is 16.3 Å². The Labute approximate surface area is 208 Å². The number of halogens is 1. The third-order valence-corrected chi connectivity index (χ3v) is 8.40. The number of nitrogens with zero attached hydrogens (tertiary/aromatic N) is 3. The Morgan fingerprint density at radius 3 is 2.74 bits per heavy atom. The van der Waals surface area contributed by atoms with Gasteiger partial charge >= 0.3 is 5.97 Å². The Bertz CT molecular complexity index is 1350. The second kappa shape index (κ2) is 9.25. The lowest BCUT2D eigenvalue weighted by Crippen LogP contribution is -2.33. The van der Waals surface area contributed by atoms with Gasteiger partial charge in [0.25, 0.3) is 10.0 Å². The van der Waals surface area contributed by atoms with Crippen LogP contribution < -0.4 is 10.0 Å². The van der Waals surface area contributed by atoms with Crippen LogP contribution in [0.25, 0.3) is 11.4 Å². The van der Waals surface area contributed by atoms with Gasteiger partial charge in [0.2, 0.25) is 0 Å². The van der Waals surface area contributed by atoms with Crippen LogP contribution in [0.5, 0.6) is 0 Å². The van der Waals surface area contributed by atoms with Gasteiger partial charge in [-0.15, -0.1) is 10.2 Å². The van der Waals surface area contributed by atoms with Crippen molar-refractivity contribution in [2.75, 3.05) is 24.4 Å². The fourth-order valence-electron chi connectivity index (χ4n) is 4.70. The van der Waals surface area contributed by atoms with Crippen molar-refractivity contribution in [3.05, 3.63) is 59.4 Å². The summed E-state index contributed by atoms with van der Waals surface area (Å²) >= 11 is 6.27. The maximum atomic E-state index is 13.3. The number of sulfonamides is 1. The summed E-state index contributed by atoms with van der Waals surface area (Å²) in [5, 5.41) is 12.1. The SMILES string of the molecule is CC1(c2ccc(S(=O)(=O)Nc3ccc(Cl)cc3-c3nncn3[C@H]3CCNC3)cc2)CCOC(=O)C1. The molecule has 3 heterocycles. The van der Waals surface area contributed by atoms with Crippen LogP contribution in [-0.4, -0.2) is 48.8 Å². The first-order valence-corrected chi connectivity index (χ1v) is 13.3. The smallest absolute Gasteiger partial charge is 0.306 e. The lowest BCUT2D eigenvalue weighted by Gasteiger charge is -2.33. The van der Waals surface area contributed by atoms with Gasteiger partial charge in [-0.1, -0.05) is 30.7 Å². The van der Waals surface area contributed by atoms with Crippen molar-refractivity contribution in [2.45, 2.75) is 42.5 Å². The number of carbonyl (C=O) groups excluding carboxylic acids is 1. The van der Waals surface area contributed by atoms with Crippen molar-refractivity contribution in [2.24, 2.45) is 0 Å². The van der Waals surface area contributed by atoms with E-state index in [-0.39, 0.29) is 28.7 Å². The molecule has 0 aliphatic carbocycles. The molecule has 0 amide bonds. The van der Waals surface area contributed by atoms with Crippen molar-refractivity contribution in [3.63, 3.8) is 0 Å². The third kappa shape index (κ3) is 4.78. The van der Waals surface area contributed by atoms with Crippen LogP contribution in [0.1, 0.15) is 37.8 Å². The van der Waals surface area contributed by atoms with E-state index in [9.17, 15) is 13.2 Å². The minimum absolute atomic E-state index is 0.116. The molecule has 2 saturated heterocycles. The van der Waals surface area contributed by atoms with E-state index in [0.717, 1.165) is 25.1 Å². The number of hydrogen-bond acceptors (Lipinski definition) is 7. The van der Waals surface area contributed by atoms with E-state index in [1.54, 1.807) is 48.8 Å². The van der Waals surface area contributed by atoms with Gasteiger partial charge in [0.1, 0.15) is 6.33 Å². The van der Waals surface area contributed by atoms with E-state index >= 15 is 0 Å². The van der Waals surface area contributed by atoms with E-state index in [2.05, 4.69) is 20.2 Å². The lowest BCUT2D eigenvalue weighted by molar-refractivity contribution is -0.149. The molecule has 0 bridgehead atoms. The van der Waals surface area contributed by atoms with Crippen molar-refractivity contribution >= 4 is 33.3 Å². The van der Waals surface area contributed by atoms with Gasteiger partial charge < -0.3 is 14.6 Å². The molecule has 35 heavy (non-hydrogen) atoms. The number of hydrogen-bond donors (Lipinski definition) is 2. The Morgan fingerprint density at radius 2 is 2.03 bits per heavy atom. The predicted molar refractivity (Wildman–Crippen MR) is 132 cm³/mol. The van der Waals surface area contributed by atoms with Crippen LogP contribution in [0.4, 0.5) is 5.69 Å². The molecule has 1 unspecified atom stereocenters. The van der Waals surface area contributed by atoms with Gasteiger partial charge in [0.15, 0.2) is 5.82 Å². The van der Waals surface area contributed by atoms with Gasteiger partial charge in [-0.25, -0.2) is 8.42 Å². The highest BCUT2D eigenvalue weighted by Gasteiger charge is 2.34. The fourth-order valence-corrected chi connectivity index (χ4v) is 5.96. The zero-order chi connectivity index (χ0) is 24.6. The highest BCUT2D eigenvalue weighted by molar-refractivity contribution is 7.92. The van der Waals surface area contributed by atoms with E-state index in [1.807, 2.05) is 11.5 Å². The van der Waals surface area contributed by atoms with E-state index < -0.39 is 10.0 Å². The number of aromatic nitrogens is 3. The molecular formula is C24H26ClN5O4S. The Hall–Kier alpha value is -2.95. The normalized spacial score (nSPS) is 22.7. The number of anilines is 1. The summed E-state index contributed by atoms with van der Waals surface area (Å²) in [6.07, 6.45) is 3.54. The second-order valence-electron chi connectivity index (χ2n) is 9.24. The molecular weight excluding hydrogens is 490 g/mol. The van der Waals surface area contributed by atoms with Crippen molar-refractivity contribution < 1.29 is 17.9 Å². The standard InChI is InChI=1S/C24H26ClN5O4S/c1-24(9-11-34-22(31)13-24)16-2-5-19(6-3-16)35(32,33)29-21-7-4-17(25)12-20(21)23-28-27-15-30(23)18-8-10-26-14-18/h2-7,12,15,18,26,29H,8-11,13-14H2,1H3/t18-,24?/m0/s1. The molecule has 2 aliphatic rings. The number of nitrogens with one attached hydrogen (secondary N) is 2. The maximum Gasteiger partial charge on any atom is 0.306 e. The molecule has 0 radical (unpaired) electrons. The molecule has 2 aliphatic heterocycles. The fraction of sp³-hybridized carbons (Fsp3) is 0.375. The Kier molecular flexibility index (Phi) is 6.29. The number of ether oxygens (including phenoxy) is 1. The minimum Gasteiger partial charge on any atom is -0.466 e. The molecule has 2 N–H and O–H groups in total. The molecule has 184 valence electrons. The van der Waals surface area contributed by atoms with E-state index in [1.165, 1.54) is 0 Å². The minimum atomic E-state index is -3.90. The monoisotopic (exact) mass is 515 g/mol. The first kappa shape index (κ1) is 23.8. The number of rotatable bonds is 6. The first-order valence-electron chi connectivity index (χ1n) is 11.4. The summed E-state index contributed by atoms with van der Waals surface area (Å²) in [5.41, 5.74) is 1.43. The molecule has 5 rings (SSSR count). The van der Waals surface area contributed by atoms with Crippen LogP contribution in [0.15, 0.2) is 53.7 Å². The predicted octanol–water partition coefficient (Wildman–Crippen LogP) is 3.53. The highest BCUT2D eigenvalue weighted by atomic mass is 35.5. The Balaban J connectivity index is 1.44. The molecule has 2 aromatic carbocycles. The molecule has 2 atom stereocenters. The summed E-state index contributed by atoms with van der Waals surface area (Å²) in [6.45, 7) is 4.03. The summed E-state index contributed by atoms with van der Waals surface area (Å²) in [6, 6.07) is 11.8. The van der Waals surface area contributed by atoms with Crippen molar-refractivity contribution in [1.82, 2.24) is 20.1 Å². The summed E-state index contributed by atoms with van der Waals surface area (Å²) < 4.78 is 36.3. The largest absolute Gasteiger partial charge is 0.466 e. The van der Waals surface area contributed by atoms with Gasteiger partial charge in [-0.05, 0) is 55.3 Å². The summed E-state index contributed by atoms with van der Waals surface area (Å²) in [7, 11) is -3.90. The summed E-state index contributed by atoms with van der Waals surface area (Å²) in [5.74, 6) is 0.306. The van der Waals surface area contributed by atoms with Gasteiger partial charge in [0, 0.05) is 22.5 Å². The molecule has 11 heteroatoms.